The zero-order chi connectivity index (χ0) is 33.0. The van der Waals surface area contributed by atoms with Gasteiger partial charge in [-0.2, -0.15) is 0 Å². The maximum absolute atomic E-state index is 6.23. The number of anilines is 3. The largest absolute Gasteiger partial charge is 0.456 e. The molecule has 0 unspecified atom stereocenters. The van der Waals surface area contributed by atoms with Crippen molar-refractivity contribution in [2.45, 2.75) is 0 Å². The minimum Gasteiger partial charge on any atom is -0.456 e. The highest BCUT2D eigenvalue weighted by molar-refractivity contribution is 6.17. The fourth-order valence-electron chi connectivity index (χ4n) is 7.63. The van der Waals surface area contributed by atoms with E-state index in [0.29, 0.717) is 0 Å². The molecule has 0 saturated carbocycles. The maximum Gasteiger partial charge on any atom is 0.136 e. The van der Waals surface area contributed by atoms with Crippen LogP contribution in [-0.2, 0) is 0 Å². The van der Waals surface area contributed by atoms with Crippen molar-refractivity contribution in [1.82, 2.24) is 0 Å². The maximum atomic E-state index is 6.23. The Kier molecular flexibility index (Phi) is 6.53. The lowest BCUT2D eigenvalue weighted by atomic mass is 9.92. The first-order chi connectivity index (χ1) is 24.8. The summed E-state index contributed by atoms with van der Waals surface area (Å²) >= 11 is 0. The van der Waals surface area contributed by atoms with Crippen molar-refractivity contribution in [1.29, 1.82) is 0 Å². The van der Waals surface area contributed by atoms with Crippen LogP contribution in [0.25, 0.3) is 76.5 Å². The summed E-state index contributed by atoms with van der Waals surface area (Å²) in [6.07, 6.45) is 0. The van der Waals surface area contributed by atoms with E-state index in [-0.39, 0.29) is 0 Å². The van der Waals surface area contributed by atoms with Crippen molar-refractivity contribution in [3.05, 3.63) is 188 Å². The summed E-state index contributed by atoms with van der Waals surface area (Å²) in [5, 5.41) is 9.62. The van der Waals surface area contributed by atoms with Gasteiger partial charge in [0.15, 0.2) is 0 Å². The molecule has 0 amide bonds. The quantitative estimate of drug-likeness (QED) is 0.175. The Morgan fingerprint density at radius 2 is 0.840 bits per heavy atom. The van der Waals surface area contributed by atoms with Gasteiger partial charge in [-0.3, -0.25) is 0 Å². The number of benzene rings is 9. The van der Waals surface area contributed by atoms with Crippen LogP contribution in [-0.4, -0.2) is 0 Å². The fourth-order valence-corrected chi connectivity index (χ4v) is 7.63. The molecule has 9 aromatic carbocycles. The minimum absolute atomic E-state index is 0.918. The van der Waals surface area contributed by atoms with Crippen molar-refractivity contribution < 1.29 is 4.42 Å². The summed E-state index contributed by atoms with van der Waals surface area (Å²) in [4.78, 5) is 2.35. The van der Waals surface area contributed by atoms with Crippen molar-refractivity contribution in [3.63, 3.8) is 0 Å². The molecule has 2 nitrogen and oxygen atoms in total. The molecule has 0 spiro atoms. The second-order valence-electron chi connectivity index (χ2n) is 12.9. The number of para-hydroxylation sites is 2. The van der Waals surface area contributed by atoms with Gasteiger partial charge in [-0.1, -0.05) is 133 Å². The molecule has 0 N–H and O–H groups in total. The molecule has 50 heavy (non-hydrogen) atoms. The summed E-state index contributed by atoms with van der Waals surface area (Å²) in [6, 6.07) is 67.6. The Morgan fingerprint density at radius 1 is 0.300 bits per heavy atom. The van der Waals surface area contributed by atoms with E-state index in [2.05, 4.69) is 181 Å². The number of nitrogens with zero attached hydrogens (tertiary/aromatic N) is 1. The normalized spacial score (nSPS) is 11.6. The van der Waals surface area contributed by atoms with E-state index in [1.807, 2.05) is 12.1 Å². The second kappa shape index (κ2) is 11.5. The molecule has 0 atom stereocenters. The summed E-state index contributed by atoms with van der Waals surface area (Å²) in [5.74, 6) is 0. The van der Waals surface area contributed by atoms with Gasteiger partial charge in [0.05, 0.1) is 0 Å². The van der Waals surface area contributed by atoms with Crippen LogP contribution in [0.3, 0.4) is 0 Å². The molecule has 0 aliphatic carbocycles. The molecule has 10 rings (SSSR count). The third kappa shape index (κ3) is 4.65. The van der Waals surface area contributed by atoms with Crippen molar-refractivity contribution in [2.75, 3.05) is 4.90 Å². The van der Waals surface area contributed by atoms with E-state index < -0.39 is 0 Å². The predicted molar refractivity (Wildman–Crippen MR) is 212 cm³/mol. The Hall–Kier alpha value is -6.64. The third-order valence-electron chi connectivity index (χ3n) is 10.0. The highest BCUT2D eigenvalue weighted by Gasteiger charge is 2.16. The Labute approximate surface area is 290 Å². The summed E-state index contributed by atoms with van der Waals surface area (Å²) in [7, 11) is 0. The second-order valence-corrected chi connectivity index (χ2v) is 12.9. The van der Waals surface area contributed by atoms with Crippen LogP contribution in [0, 0.1) is 0 Å². The lowest BCUT2D eigenvalue weighted by molar-refractivity contribution is 0.669. The van der Waals surface area contributed by atoms with Crippen LogP contribution >= 0.6 is 0 Å². The van der Waals surface area contributed by atoms with Crippen LogP contribution in [0.5, 0.6) is 0 Å². The average Bonchev–Trinajstić information content (AvgIpc) is 3.55. The Balaban J connectivity index is 1.10. The van der Waals surface area contributed by atoms with Crippen LogP contribution in [0.2, 0.25) is 0 Å². The van der Waals surface area contributed by atoms with Crippen molar-refractivity contribution in [3.8, 4) is 22.3 Å². The van der Waals surface area contributed by atoms with Crippen LogP contribution in [0.1, 0.15) is 0 Å². The monoisotopic (exact) mass is 637 g/mol. The zero-order valence-electron chi connectivity index (χ0n) is 27.3. The highest BCUT2D eigenvalue weighted by atomic mass is 16.3. The first kappa shape index (κ1) is 28.4. The number of hydrogen-bond acceptors (Lipinski definition) is 2. The molecular weight excluding hydrogens is 607 g/mol. The van der Waals surface area contributed by atoms with Crippen LogP contribution in [0.4, 0.5) is 17.1 Å². The molecular formula is C48H31NO. The summed E-state index contributed by atoms with van der Waals surface area (Å²) in [6.45, 7) is 0. The standard InChI is InChI=1S/C48H31NO/c1-3-11-32(12-4-1)39-27-28-40(42-16-8-7-15-41(39)42)33-21-24-37(25-22-33)49(36-13-5-2-6-14-36)38-26-23-34-19-20-35-29-48-46(31-45(35)44(34)30-38)43-17-9-10-18-47(43)50-48/h1-31H. The van der Waals surface area contributed by atoms with Crippen LogP contribution in [0.15, 0.2) is 192 Å². The molecule has 0 radical (unpaired) electrons. The average molecular weight is 638 g/mol. The van der Waals surface area contributed by atoms with Gasteiger partial charge < -0.3 is 9.32 Å². The summed E-state index contributed by atoms with van der Waals surface area (Å²) in [5.41, 5.74) is 10.1. The van der Waals surface area contributed by atoms with Crippen LogP contribution < -0.4 is 4.90 Å². The SMILES string of the molecule is c1ccc(-c2ccc(-c3ccc(N(c4ccccc4)c4ccc5ccc6cc7oc8ccccc8c7cc6c5c4)cc3)c3ccccc23)cc1. The lowest BCUT2D eigenvalue weighted by Gasteiger charge is -2.26. The molecule has 1 heterocycles. The van der Waals surface area contributed by atoms with Gasteiger partial charge in [0, 0.05) is 27.8 Å². The first-order valence-electron chi connectivity index (χ1n) is 17.1. The number of furan rings is 1. The molecule has 0 aliphatic heterocycles. The van der Waals surface area contributed by atoms with E-state index >= 15 is 0 Å². The first-order valence-corrected chi connectivity index (χ1v) is 17.1. The molecule has 0 aliphatic rings. The van der Waals surface area contributed by atoms with E-state index in [4.69, 9.17) is 4.42 Å². The van der Waals surface area contributed by atoms with Gasteiger partial charge in [0.2, 0.25) is 0 Å². The minimum atomic E-state index is 0.918. The molecule has 0 bridgehead atoms. The van der Waals surface area contributed by atoms with Crippen molar-refractivity contribution in [2.24, 2.45) is 0 Å². The van der Waals surface area contributed by atoms with Gasteiger partial charge in [-0.15, -0.1) is 0 Å². The fraction of sp³-hybridized carbons (Fsp3) is 0. The molecule has 1 aromatic heterocycles. The Bertz CT molecular complexity index is 2850. The molecule has 2 heteroatoms. The predicted octanol–water partition coefficient (Wildman–Crippen LogP) is 13.8. The van der Waals surface area contributed by atoms with E-state index in [1.54, 1.807) is 0 Å². The zero-order valence-corrected chi connectivity index (χ0v) is 27.3. The number of fused-ring (bicyclic) bond motifs is 7. The summed E-state index contributed by atoms with van der Waals surface area (Å²) < 4.78 is 6.23. The Morgan fingerprint density at radius 3 is 1.58 bits per heavy atom. The number of rotatable bonds is 5. The van der Waals surface area contributed by atoms with Gasteiger partial charge in [0.25, 0.3) is 0 Å². The molecule has 0 saturated heterocycles. The van der Waals surface area contributed by atoms with Gasteiger partial charge >= 0.3 is 0 Å². The lowest BCUT2D eigenvalue weighted by Crippen LogP contribution is -2.09. The van der Waals surface area contributed by atoms with Gasteiger partial charge in [0.1, 0.15) is 11.2 Å². The highest BCUT2D eigenvalue weighted by Crippen LogP contribution is 2.41. The van der Waals surface area contributed by atoms with Gasteiger partial charge in [-0.05, 0) is 109 Å². The molecule has 10 aromatic rings. The van der Waals surface area contributed by atoms with Crippen molar-refractivity contribution >= 4 is 71.3 Å². The third-order valence-corrected chi connectivity index (χ3v) is 10.0. The smallest absolute Gasteiger partial charge is 0.136 e. The molecule has 234 valence electrons. The van der Waals surface area contributed by atoms with E-state index in [1.165, 1.54) is 54.6 Å². The molecule has 0 fully saturated rings. The van der Waals surface area contributed by atoms with E-state index in [0.717, 1.165) is 39.0 Å². The topological polar surface area (TPSA) is 16.4 Å². The van der Waals surface area contributed by atoms with E-state index in [9.17, 15) is 0 Å². The number of hydrogen-bond donors (Lipinski definition) is 0. The van der Waals surface area contributed by atoms with Gasteiger partial charge in [-0.25, -0.2) is 0 Å².